The molecule has 1 N–H and O–H groups in total. The predicted molar refractivity (Wildman–Crippen MR) is 120 cm³/mol. The minimum atomic E-state index is -1.13. The van der Waals surface area contributed by atoms with E-state index in [0.29, 0.717) is 12.0 Å². The van der Waals surface area contributed by atoms with Gasteiger partial charge in [0, 0.05) is 5.56 Å². The zero-order valence-electron chi connectivity index (χ0n) is 18.5. The van der Waals surface area contributed by atoms with Crippen molar-refractivity contribution in [3.05, 3.63) is 35.9 Å². The Labute approximate surface area is 182 Å². The highest BCUT2D eigenvalue weighted by molar-refractivity contribution is 5.98. The van der Waals surface area contributed by atoms with Crippen LogP contribution in [0.25, 0.3) is 0 Å². The molecule has 1 atom stereocenters. The Morgan fingerprint density at radius 2 is 1.47 bits per heavy atom. The van der Waals surface area contributed by atoms with E-state index in [1.807, 2.05) is 6.07 Å². The molecule has 0 bridgehead atoms. The predicted octanol–water partition coefficient (Wildman–Crippen LogP) is 6.25. The molecular weight excluding hydrogens is 376 g/mol. The van der Waals surface area contributed by atoms with Crippen LogP contribution in [0.4, 0.5) is 0 Å². The van der Waals surface area contributed by atoms with Gasteiger partial charge in [0.2, 0.25) is 0 Å². The standard InChI is InChI=1S/C26H40O4/c27-24(26(29)30-21-25(28)23-18-12-8-13-19-23)20-14-5-3-1-2-4-9-15-22-16-10-6-7-11-17-22/h8,12-13,18-19,22,24,27H,1-7,9-11,14-17,20-21H2. The van der Waals surface area contributed by atoms with E-state index in [4.69, 9.17) is 4.74 Å². The van der Waals surface area contributed by atoms with E-state index in [-0.39, 0.29) is 12.4 Å². The molecule has 0 aromatic heterocycles. The molecule has 1 unspecified atom stereocenters. The van der Waals surface area contributed by atoms with Crippen LogP contribution in [-0.2, 0) is 9.53 Å². The molecule has 0 radical (unpaired) electrons. The van der Waals surface area contributed by atoms with Gasteiger partial charge in [0.25, 0.3) is 0 Å². The summed E-state index contributed by atoms with van der Waals surface area (Å²) in [7, 11) is 0. The highest BCUT2D eigenvalue weighted by Gasteiger charge is 2.18. The van der Waals surface area contributed by atoms with Gasteiger partial charge >= 0.3 is 5.97 Å². The lowest BCUT2D eigenvalue weighted by molar-refractivity contribution is -0.152. The third-order valence-electron chi connectivity index (χ3n) is 6.28. The second-order valence-corrected chi connectivity index (χ2v) is 8.82. The summed E-state index contributed by atoms with van der Waals surface area (Å²) in [5.41, 5.74) is 0.508. The van der Waals surface area contributed by atoms with Gasteiger partial charge in [-0.2, -0.15) is 0 Å². The molecule has 1 fully saturated rings. The van der Waals surface area contributed by atoms with Gasteiger partial charge in [-0.25, -0.2) is 4.79 Å². The molecule has 1 aromatic carbocycles. The van der Waals surface area contributed by atoms with Crippen molar-refractivity contribution in [1.29, 1.82) is 0 Å². The van der Waals surface area contributed by atoms with Gasteiger partial charge in [0.1, 0.15) is 0 Å². The molecule has 0 saturated heterocycles. The Bertz CT molecular complexity index is 590. The van der Waals surface area contributed by atoms with E-state index in [1.165, 1.54) is 70.6 Å². The molecule has 4 nitrogen and oxygen atoms in total. The fraction of sp³-hybridized carbons (Fsp3) is 0.692. The van der Waals surface area contributed by atoms with Crippen molar-refractivity contribution in [1.82, 2.24) is 0 Å². The molecule has 168 valence electrons. The lowest BCUT2D eigenvalue weighted by atomic mass is 9.93. The Morgan fingerprint density at radius 3 is 2.13 bits per heavy atom. The van der Waals surface area contributed by atoms with Crippen LogP contribution in [-0.4, -0.2) is 29.6 Å². The minimum Gasteiger partial charge on any atom is -0.455 e. The molecule has 1 aliphatic carbocycles. The van der Waals surface area contributed by atoms with E-state index in [9.17, 15) is 14.7 Å². The Morgan fingerprint density at radius 1 is 0.867 bits per heavy atom. The number of Topliss-reactive ketones (excluding diaryl/α,β-unsaturated/α-hetero) is 1. The minimum absolute atomic E-state index is 0.254. The van der Waals surface area contributed by atoms with Crippen LogP contribution in [0.3, 0.4) is 0 Å². The van der Waals surface area contributed by atoms with Crippen molar-refractivity contribution in [3.8, 4) is 0 Å². The van der Waals surface area contributed by atoms with Crippen LogP contribution < -0.4 is 0 Å². The van der Waals surface area contributed by atoms with Crippen LogP contribution in [0, 0.1) is 5.92 Å². The Kier molecular flexibility index (Phi) is 12.4. The summed E-state index contributed by atoms with van der Waals surface area (Å²) in [4.78, 5) is 23.8. The third-order valence-corrected chi connectivity index (χ3v) is 6.28. The van der Waals surface area contributed by atoms with Gasteiger partial charge in [-0.1, -0.05) is 120 Å². The second-order valence-electron chi connectivity index (χ2n) is 8.82. The van der Waals surface area contributed by atoms with E-state index < -0.39 is 12.1 Å². The van der Waals surface area contributed by atoms with Gasteiger partial charge in [-0.3, -0.25) is 4.79 Å². The monoisotopic (exact) mass is 416 g/mol. The van der Waals surface area contributed by atoms with Gasteiger partial charge in [-0.05, 0) is 12.3 Å². The normalized spacial score (nSPS) is 16.0. The molecule has 0 heterocycles. The average molecular weight is 417 g/mol. The molecule has 0 spiro atoms. The Hall–Kier alpha value is -1.68. The van der Waals surface area contributed by atoms with Crippen molar-refractivity contribution < 1.29 is 19.4 Å². The number of carbonyl (C=O) groups is 2. The number of unbranched alkanes of at least 4 members (excludes halogenated alkanes) is 6. The summed E-state index contributed by atoms with van der Waals surface area (Å²) in [6.07, 6.45) is 17.6. The molecule has 2 rings (SSSR count). The summed E-state index contributed by atoms with van der Waals surface area (Å²) < 4.78 is 4.96. The second kappa shape index (κ2) is 15.2. The van der Waals surface area contributed by atoms with Crippen molar-refractivity contribution in [2.24, 2.45) is 5.92 Å². The van der Waals surface area contributed by atoms with E-state index >= 15 is 0 Å². The zero-order valence-corrected chi connectivity index (χ0v) is 18.5. The highest BCUT2D eigenvalue weighted by Crippen LogP contribution is 2.27. The molecule has 0 amide bonds. The highest BCUT2D eigenvalue weighted by atomic mass is 16.5. The maximum absolute atomic E-state index is 11.9. The van der Waals surface area contributed by atoms with E-state index in [1.54, 1.807) is 24.3 Å². The van der Waals surface area contributed by atoms with Crippen molar-refractivity contribution in [3.63, 3.8) is 0 Å². The van der Waals surface area contributed by atoms with Crippen molar-refractivity contribution >= 4 is 11.8 Å². The number of esters is 1. The third kappa shape index (κ3) is 10.4. The van der Waals surface area contributed by atoms with Gasteiger partial charge in [-0.15, -0.1) is 0 Å². The molecule has 1 saturated carbocycles. The number of hydrogen-bond donors (Lipinski definition) is 1. The zero-order chi connectivity index (χ0) is 21.4. The molecular formula is C26H40O4. The quantitative estimate of drug-likeness (QED) is 0.168. The SMILES string of the molecule is O=C(COC(=O)C(O)CCCCCCCCCC1CCCCCC1)c1ccccc1. The van der Waals surface area contributed by atoms with Gasteiger partial charge < -0.3 is 9.84 Å². The molecule has 4 heteroatoms. The summed E-state index contributed by atoms with van der Waals surface area (Å²) in [6, 6.07) is 8.72. The number of benzene rings is 1. The first-order chi connectivity index (χ1) is 14.7. The number of hydrogen-bond acceptors (Lipinski definition) is 4. The first-order valence-electron chi connectivity index (χ1n) is 12.1. The fourth-order valence-corrected chi connectivity index (χ4v) is 4.37. The average Bonchev–Trinajstić information content (AvgIpc) is 3.05. The number of rotatable bonds is 14. The van der Waals surface area contributed by atoms with Gasteiger partial charge in [0.15, 0.2) is 18.5 Å². The molecule has 1 aromatic rings. The fourth-order valence-electron chi connectivity index (χ4n) is 4.37. The van der Waals surface area contributed by atoms with Crippen LogP contribution in [0.5, 0.6) is 0 Å². The van der Waals surface area contributed by atoms with Crippen molar-refractivity contribution in [2.75, 3.05) is 6.61 Å². The molecule has 30 heavy (non-hydrogen) atoms. The number of aliphatic hydroxyl groups is 1. The maximum atomic E-state index is 11.9. The van der Waals surface area contributed by atoms with Gasteiger partial charge in [0.05, 0.1) is 0 Å². The van der Waals surface area contributed by atoms with E-state index in [2.05, 4.69) is 0 Å². The summed E-state index contributed by atoms with van der Waals surface area (Å²) >= 11 is 0. The lowest BCUT2D eigenvalue weighted by Gasteiger charge is -2.13. The number of carbonyl (C=O) groups excluding carboxylic acids is 2. The van der Waals surface area contributed by atoms with Crippen LogP contribution in [0.2, 0.25) is 0 Å². The van der Waals surface area contributed by atoms with E-state index in [0.717, 1.165) is 25.2 Å². The smallest absolute Gasteiger partial charge is 0.335 e. The van der Waals surface area contributed by atoms with Crippen LogP contribution in [0.1, 0.15) is 107 Å². The summed E-state index contributed by atoms with van der Waals surface area (Å²) in [5, 5.41) is 9.93. The summed E-state index contributed by atoms with van der Waals surface area (Å²) in [5.74, 6) is 0.0321. The first-order valence-corrected chi connectivity index (χ1v) is 12.1. The topological polar surface area (TPSA) is 63.6 Å². The maximum Gasteiger partial charge on any atom is 0.335 e. The first kappa shape index (κ1) is 24.6. The largest absolute Gasteiger partial charge is 0.455 e. The number of ketones is 1. The molecule has 0 aliphatic heterocycles. The number of aliphatic hydroxyl groups excluding tert-OH is 1. The van der Waals surface area contributed by atoms with Crippen LogP contribution in [0.15, 0.2) is 30.3 Å². The van der Waals surface area contributed by atoms with Crippen LogP contribution >= 0.6 is 0 Å². The van der Waals surface area contributed by atoms with Crippen molar-refractivity contribution in [2.45, 2.75) is 102 Å². The lowest BCUT2D eigenvalue weighted by Crippen LogP contribution is -2.25. The molecule has 1 aliphatic rings. The summed E-state index contributed by atoms with van der Waals surface area (Å²) in [6.45, 7) is -0.319. The number of ether oxygens (including phenoxy) is 1. The Balaban J connectivity index is 1.42.